The normalized spacial score (nSPS) is 17.2. The van der Waals surface area contributed by atoms with Crippen molar-refractivity contribution in [3.63, 3.8) is 0 Å². The molecule has 3 amide bonds. The minimum absolute atomic E-state index is 0.0232. The first kappa shape index (κ1) is 86.3. The molecule has 694 valence electrons. The number of amides is 3. The number of allylic oxidation sites excluding steroid dienone is 6. The van der Waals surface area contributed by atoms with Gasteiger partial charge in [-0.1, -0.05) is 49.4 Å². The number of esters is 1. The fraction of sp³-hybridized carbons (Fsp3) is 0.343. The third kappa shape index (κ3) is 16.4. The van der Waals surface area contributed by atoms with Crippen molar-refractivity contribution in [1.29, 1.82) is 0 Å². The van der Waals surface area contributed by atoms with Crippen LogP contribution < -0.4 is 66.4 Å². The molecule has 1 aliphatic carbocycles. The van der Waals surface area contributed by atoms with E-state index in [1.165, 1.54) is 66.1 Å². The van der Waals surface area contributed by atoms with E-state index in [0.29, 0.717) is 165 Å². The molecule has 1 saturated carbocycles. The number of rotatable bonds is 13. The lowest BCUT2D eigenvalue weighted by Crippen LogP contribution is -2.44. The summed E-state index contributed by atoms with van der Waals surface area (Å²) >= 11 is 1.43. The molecule has 4 aromatic carbocycles. The number of carbonyl (C=O) groups excluding carboxylic acids is 4. The van der Waals surface area contributed by atoms with Gasteiger partial charge in [0.2, 0.25) is 29.6 Å². The SMILES string of the molecule is CCC1(Cn2ccc3cc(Nc4ncc5c(=O)n6n(c5n4)-c4cnc5c(c4)N(CCCC=CC6)C(=O)CO5)ccc32)CC1.CCOC(=O)c1sc2ccc(Nc3ncc4c(=O)n5n(c4n3)-c3cnc4c(c3)N(CCCC=CC5)C(=O)CO4)cc2c1N1CCN(C)CC1.CN1CCC(c2c[nH]c3cc(Nc4ncc5c(=O)n6n(c5n4)-c4ccc5c(c4)N(CCCC=CC6)C(=O)CO5)ccc23)CC1. The van der Waals surface area contributed by atoms with Gasteiger partial charge in [0.15, 0.2) is 36.8 Å². The van der Waals surface area contributed by atoms with Crippen molar-refractivity contribution in [2.45, 2.75) is 117 Å². The highest BCUT2D eigenvalue weighted by molar-refractivity contribution is 7.21. The maximum atomic E-state index is 13.7. The van der Waals surface area contributed by atoms with Gasteiger partial charge in [0.25, 0.3) is 34.4 Å². The van der Waals surface area contributed by atoms with E-state index in [4.69, 9.17) is 33.9 Å². The highest BCUT2D eigenvalue weighted by Gasteiger charge is 2.41. The number of carbonyl (C=O) groups is 4. The third-order valence-electron chi connectivity index (χ3n) is 27.3. The van der Waals surface area contributed by atoms with Gasteiger partial charge in [-0.15, -0.1) is 11.3 Å². The topological polar surface area (TPSA) is 365 Å². The van der Waals surface area contributed by atoms with Gasteiger partial charge >= 0.3 is 5.97 Å². The summed E-state index contributed by atoms with van der Waals surface area (Å²) in [6.07, 6.45) is 35.2. The van der Waals surface area contributed by atoms with Gasteiger partial charge in [0, 0.05) is 132 Å². The van der Waals surface area contributed by atoms with Gasteiger partial charge < -0.3 is 73.8 Å². The summed E-state index contributed by atoms with van der Waals surface area (Å²) in [6, 6.07) is 30.0. The predicted molar refractivity (Wildman–Crippen MR) is 523 cm³/mol. The number of pyridine rings is 2. The van der Waals surface area contributed by atoms with Crippen molar-refractivity contribution >= 4 is 158 Å². The van der Waals surface area contributed by atoms with Crippen molar-refractivity contribution in [2.24, 2.45) is 5.41 Å². The van der Waals surface area contributed by atoms with Gasteiger partial charge in [0.05, 0.1) is 67.1 Å². The second-order valence-corrected chi connectivity index (χ2v) is 37.0. The van der Waals surface area contributed by atoms with Crippen LogP contribution in [0.15, 0.2) is 185 Å². The summed E-state index contributed by atoms with van der Waals surface area (Å²) in [6.45, 7) is 13.8. The Bertz CT molecular complexity index is 7590. The molecular weight excluding hydrogens is 1750 g/mol. The molecule has 15 aromatic rings. The maximum absolute atomic E-state index is 13.7. The Balaban J connectivity index is 0.000000118. The van der Waals surface area contributed by atoms with Crippen LogP contribution in [0.5, 0.6) is 17.5 Å². The van der Waals surface area contributed by atoms with Crippen molar-refractivity contribution in [3.05, 3.63) is 212 Å². The monoisotopic (exact) mass is 1850 g/mol. The Hall–Kier alpha value is -15.1. The first-order chi connectivity index (χ1) is 66.4. The largest absolute Gasteiger partial charge is 0.482 e. The Morgan fingerprint density at radius 3 is 1.57 bits per heavy atom. The molecular formula is C99H101N25O11S. The highest BCUT2D eigenvalue weighted by atomic mass is 32.1. The molecule has 0 atom stereocenters. The molecule has 0 radical (unpaired) electrons. The number of likely N-dealkylation sites (tertiary alicyclic amines) is 1. The summed E-state index contributed by atoms with van der Waals surface area (Å²) in [5.41, 5.74) is 11.9. The average molecular weight is 1850 g/mol. The van der Waals surface area contributed by atoms with Crippen LogP contribution >= 0.6 is 11.3 Å². The van der Waals surface area contributed by atoms with Gasteiger partial charge in [-0.2, -0.15) is 15.0 Å². The minimum Gasteiger partial charge on any atom is -0.482 e. The summed E-state index contributed by atoms with van der Waals surface area (Å²) in [4.78, 5) is 146. The number of benzene rings is 4. The number of hydrogen-bond acceptors (Lipinski definition) is 26. The number of aromatic amines is 1. The molecule has 36 nitrogen and oxygen atoms in total. The molecule has 3 fully saturated rings. The summed E-state index contributed by atoms with van der Waals surface area (Å²) < 4.78 is 35.9. The van der Waals surface area contributed by atoms with Gasteiger partial charge in [0.1, 0.15) is 38.2 Å². The molecule has 0 spiro atoms. The van der Waals surface area contributed by atoms with Crippen LogP contribution in [0, 0.1) is 5.41 Å². The number of thiophene rings is 1. The predicted octanol–water partition coefficient (Wildman–Crippen LogP) is 13.6. The Morgan fingerprint density at radius 2 is 1.01 bits per heavy atom. The third-order valence-corrected chi connectivity index (χ3v) is 28.4. The van der Waals surface area contributed by atoms with E-state index in [9.17, 15) is 33.6 Å². The molecule has 19 heterocycles. The van der Waals surface area contributed by atoms with E-state index in [1.54, 1.807) is 62.9 Å². The lowest BCUT2D eigenvalue weighted by molar-refractivity contribution is -0.122. The van der Waals surface area contributed by atoms with Crippen molar-refractivity contribution in [3.8, 4) is 34.6 Å². The van der Waals surface area contributed by atoms with Crippen LogP contribution in [0.3, 0.4) is 0 Å². The van der Waals surface area contributed by atoms with Crippen LogP contribution in [0.25, 0.3) is 82.1 Å². The molecule has 9 aliphatic rings. The standard InChI is InChI=1S/C34H35N9O5S.C33H34N8O3.C32H32N8O3/c1-3-47-33(46)29-28(40-14-12-39(2)13-15-40)23-16-21(8-9-26(23)49-29)37-34-36-19-24-30(38-34)43-22-17-25-31(35-18-22)48-20-27(44)41(25)10-6-4-5-7-11-42(43)32(24)45;1-38-14-10-21(11-15-38)25-18-34-27-16-22(6-8-24(25)27)36-33-35-19-26-31(37-33)41-23-7-9-29-28(17-23)39(30(42)20-44-29)12-4-2-3-5-13-40(41)32(26)43;1-2-32(10-11-32)20-37-14-9-21-15-22(7-8-25(21)37)35-31-34-18-24-28(36-31)40-23-16-26-29(33-17-23)43-19-27(41)38(26)12-5-3-4-6-13-39(40)30(24)42/h5,7-9,16-19H,3-4,6,10-15,20H2,1-2H3,(H,36,37,38);3,5-9,16-19,21,34H,2,4,10-15,20H2,1H3,(H,35,36,37);4,6-9,14-18H,2-3,5,10-13,19-20H2,1H3,(H,34,35,36). The molecule has 37 heteroatoms. The quantitative estimate of drug-likeness (QED) is 0.0615. The highest BCUT2D eigenvalue weighted by Crippen LogP contribution is 2.51. The summed E-state index contributed by atoms with van der Waals surface area (Å²) in [5, 5.41) is 14.5. The summed E-state index contributed by atoms with van der Waals surface area (Å²) in [5.74, 6) is 2.43. The number of ether oxygens (including phenoxy) is 4. The fourth-order valence-electron chi connectivity index (χ4n) is 19.7. The van der Waals surface area contributed by atoms with Crippen LogP contribution in [-0.4, -0.2) is 210 Å². The minimum atomic E-state index is -0.319. The number of aromatic nitrogens is 16. The molecule has 4 N–H and O–H groups in total. The molecule has 11 aromatic heterocycles. The van der Waals surface area contributed by atoms with Gasteiger partial charge in [-0.25, -0.2) is 57.8 Å². The molecule has 0 unspecified atom stereocenters. The van der Waals surface area contributed by atoms with Crippen LogP contribution in [-0.2, 0) is 45.3 Å². The number of H-pyrrole nitrogens is 1. The number of nitrogens with zero attached hydrogens (tertiary/aromatic N) is 21. The van der Waals surface area contributed by atoms with Gasteiger partial charge in [-0.05, 0) is 207 Å². The smallest absolute Gasteiger partial charge is 0.350 e. The van der Waals surface area contributed by atoms with E-state index in [2.05, 4.69) is 141 Å². The Morgan fingerprint density at radius 1 is 0.507 bits per heavy atom. The van der Waals surface area contributed by atoms with Crippen LogP contribution in [0.1, 0.15) is 106 Å². The van der Waals surface area contributed by atoms with Crippen molar-refractivity contribution in [1.82, 2.24) is 87.3 Å². The average Bonchev–Trinajstić information content (AvgIpc) is 1.60. The van der Waals surface area contributed by atoms with Crippen molar-refractivity contribution < 1.29 is 38.1 Å². The first-order valence-electron chi connectivity index (χ1n) is 46.7. The molecule has 6 bridgehead atoms. The van der Waals surface area contributed by atoms with E-state index in [0.717, 1.165) is 128 Å². The van der Waals surface area contributed by atoms with E-state index < -0.39 is 0 Å². The molecule has 2 saturated heterocycles. The Labute approximate surface area is 782 Å². The molecule has 136 heavy (non-hydrogen) atoms. The maximum Gasteiger partial charge on any atom is 0.350 e. The zero-order valence-corrected chi connectivity index (χ0v) is 76.6. The Kier molecular flexibility index (Phi) is 22.9. The first-order valence-corrected chi connectivity index (χ1v) is 47.5. The van der Waals surface area contributed by atoms with E-state index in [1.807, 2.05) is 96.6 Å². The molecule has 24 rings (SSSR count). The number of fused-ring (bicyclic) bond motifs is 18. The number of hydrogen-bond donors (Lipinski definition) is 4. The lowest BCUT2D eigenvalue weighted by Gasteiger charge is -2.34. The number of nitrogens with one attached hydrogen (secondary N) is 4. The fourth-order valence-corrected chi connectivity index (χ4v) is 20.8. The lowest BCUT2D eigenvalue weighted by atomic mass is 9.89. The summed E-state index contributed by atoms with van der Waals surface area (Å²) in [7, 11) is 4.29. The van der Waals surface area contributed by atoms with Crippen LogP contribution in [0.4, 0.5) is 57.7 Å². The number of anilines is 10. The molecule has 8 aliphatic heterocycles. The van der Waals surface area contributed by atoms with Gasteiger partial charge in [-0.3, -0.25) is 28.8 Å². The van der Waals surface area contributed by atoms with Crippen LogP contribution in [0.2, 0.25) is 0 Å². The second kappa shape index (κ2) is 36.0. The number of likely N-dealkylation sites (N-methyl/N-ethyl adjacent to an activating group) is 1. The number of piperidine rings is 1. The number of piperazine rings is 1. The van der Waals surface area contributed by atoms with E-state index >= 15 is 0 Å². The van der Waals surface area contributed by atoms with E-state index in [-0.39, 0.29) is 60.2 Å². The zero-order valence-electron chi connectivity index (χ0n) is 75.8. The zero-order chi connectivity index (χ0) is 92.6. The van der Waals surface area contributed by atoms with Crippen molar-refractivity contribution in [2.75, 3.05) is 135 Å². The second-order valence-electron chi connectivity index (χ2n) is 35.9.